The van der Waals surface area contributed by atoms with Gasteiger partial charge in [0.1, 0.15) is 0 Å². The summed E-state index contributed by atoms with van der Waals surface area (Å²) in [4.78, 5) is 1.39. The van der Waals surface area contributed by atoms with Crippen LogP contribution in [-0.4, -0.2) is 0 Å². The summed E-state index contributed by atoms with van der Waals surface area (Å²) in [5, 5.41) is 0. The summed E-state index contributed by atoms with van der Waals surface area (Å²) in [5.41, 5.74) is 3.19. The molecular weight excluding hydrogens is 400 g/mol. The Morgan fingerprint density at radius 2 is 1.00 bits per heavy atom. The van der Waals surface area contributed by atoms with E-state index in [9.17, 15) is 0 Å². The second kappa shape index (κ2) is 20.8. The molecule has 1 aromatic rings. The average molecular weight is 451 g/mol. The summed E-state index contributed by atoms with van der Waals surface area (Å²) in [6, 6.07) is 6.88. The van der Waals surface area contributed by atoms with E-state index in [-0.39, 0.29) is 0 Å². The van der Waals surface area contributed by atoms with Gasteiger partial charge >= 0.3 is 0 Å². The Morgan fingerprint density at radius 3 is 1.47 bits per heavy atom. The van der Waals surface area contributed by atoms with Crippen LogP contribution >= 0.6 is 22.5 Å². The molecule has 0 aromatic heterocycles. The van der Waals surface area contributed by atoms with Crippen molar-refractivity contribution in [3.63, 3.8) is 0 Å². The molecule has 0 aliphatic heterocycles. The molecule has 30 heavy (non-hydrogen) atoms. The van der Waals surface area contributed by atoms with Crippen molar-refractivity contribution >= 4 is 22.5 Å². The van der Waals surface area contributed by atoms with E-state index in [1.807, 2.05) is 0 Å². The van der Waals surface area contributed by atoms with Crippen LogP contribution in [0.4, 0.5) is 0 Å². The van der Waals surface area contributed by atoms with Crippen LogP contribution in [0.1, 0.15) is 141 Å². The highest BCUT2D eigenvalue weighted by Crippen LogP contribution is 2.30. The fourth-order valence-corrected chi connectivity index (χ4v) is 5.45. The highest BCUT2D eigenvalue weighted by Gasteiger charge is 2.08. The van der Waals surface area contributed by atoms with Gasteiger partial charge in [0.05, 0.1) is 0 Å². The number of hydrogen-bond donors (Lipinski definition) is 1. The number of unbranched alkanes of at least 4 members (excludes halogenated alkanes) is 16. The molecule has 0 heterocycles. The Morgan fingerprint density at radius 1 is 0.567 bits per heavy atom. The maximum Gasteiger partial charge on any atom is 0.0215 e. The Labute approximate surface area is 198 Å². The first-order valence-electron chi connectivity index (χ1n) is 13.3. The zero-order valence-corrected chi connectivity index (χ0v) is 21.9. The minimum absolute atomic E-state index is 1.24. The van der Waals surface area contributed by atoms with E-state index in [0.717, 1.165) is 0 Å². The van der Waals surface area contributed by atoms with Gasteiger partial charge in [-0.2, -0.15) is 0 Å². The van der Waals surface area contributed by atoms with Gasteiger partial charge in [-0.1, -0.05) is 140 Å². The molecule has 0 radical (unpaired) electrons. The Bertz CT molecular complexity index is 497. The molecule has 0 aliphatic carbocycles. The van der Waals surface area contributed by atoms with Gasteiger partial charge in [0.15, 0.2) is 0 Å². The van der Waals surface area contributed by atoms with Crippen LogP contribution < -0.4 is 0 Å². The zero-order chi connectivity index (χ0) is 21.7. The molecule has 0 saturated carbocycles. The van der Waals surface area contributed by atoms with Crippen molar-refractivity contribution in [3.8, 4) is 0 Å². The normalized spacial score (nSPS) is 11.3. The van der Waals surface area contributed by atoms with E-state index in [1.165, 1.54) is 133 Å². The van der Waals surface area contributed by atoms with Crippen molar-refractivity contribution < 1.29 is 0 Å². The lowest BCUT2D eigenvalue weighted by Gasteiger charge is -2.13. The summed E-state index contributed by atoms with van der Waals surface area (Å²) in [6.45, 7) is 4.59. The first-order chi connectivity index (χ1) is 14.8. The summed E-state index contributed by atoms with van der Waals surface area (Å²) >= 11 is 4.53. The fraction of sp³-hybridized carbons (Fsp3) is 0.786. The SMILES string of the molecule is CCCCCCCCCCCc1cccc(SS)c1CCCCCCCCCCC. The van der Waals surface area contributed by atoms with E-state index < -0.39 is 0 Å². The maximum atomic E-state index is 4.53. The molecule has 174 valence electrons. The van der Waals surface area contributed by atoms with Gasteiger partial charge in [-0.15, -0.1) is 11.7 Å². The van der Waals surface area contributed by atoms with Crippen molar-refractivity contribution in [2.75, 3.05) is 0 Å². The molecule has 0 N–H and O–H groups in total. The zero-order valence-electron chi connectivity index (χ0n) is 20.2. The molecule has 0 aliphatic rings. The molecule has 0 unspecified atom stereocenters. The summed E-state index contributed by atoms with van der Waals surface area (Å²) in [7, 11) is 1.64. The van der Waals surface area contributed by atoms with E-state index in [4.69, 9.17) is 0 Å². The van der Waals surface area contributed by atoms with Gasteiger partial charge in [0, 0.05) is 4.90 Å². The van der Waals surface area contributed by atoms with Gasteiger partial charge in [-0.25, -0.2) is 0 Å². The highest BCUT2D eigenvalue weighted by molar-refractivity contribution is 8.68. The number of rotatable bonds is 21. The fourth-order valence-electron chi connectivity index (χ4n) is 4.45. The monoisotopic (exact) mass is 450 g/mol. The summed E-state index contributed by atoms with van der Waals surface area (Å²) < 4.78 is 0. The van der Waals surface area contributed by atoms with Gasteiger partial charge in [0.2, 0.25) is 0 Å². The topological polar surface area (TPSA) is 0 Å². The van der Waals surface area contributed by atoms with Crippen LogP contribution in [0.3, 0.4) is 0 Å². The van der Waals surface area contributed by atoms with E-state index >= 15 is 0 Å². The number of thiol groups is 1. The van der Waals surface area contributed by atoms with E-state index in [2.05, 4.69) is 43.7 Å². The van der Waals surface area contributed by atoms with Crippen LogP contribution in [0, 0.1) is 0 Å². The lowest BCUT2D eigenvalue weighted by atomic mass is 9.96. The third-order valence-electron chi connectivity index (χ3n) is 6.41. The lowest BCUT2D eigenvalue weighted by molar-refractivity contribution is 0.560. The minimum Gasteiger partial charge on any atom is -0.106 e. The molecule has 2 heteroatoms. The molecule has 1 rings (SSSR count). The predicted molar refractivity (Wildman–Crippen MR) is 143 cm³/mol. The van der Waals surface area contributed by atoms with Gasteiger partial charge < -0.3 is 0 Å². The third kappa shape index (κ3) is 14.1. The van der Waals surface area contributed by atoms with Gasteiger partial charge in [-0.05, 0) is 42.9 Å². The van der Waals surface area contributed by atoms with Gasteiger partial charge in [-0.3, -0.25) is 0 Å². The Hall–Kier alpha value is -0.0800. The second-order valence-corrected chi connectivity index (χ2v) is 10.3. The van der Waals surface area contributed by atoms with Crippen molar-refractivity contribution in [2.24, 2.45) is 0 Å². The maximum absolute atomic E-state index is 4.53. The van der Waals surface area contributed by atoms with E-state index in [1.54, 1.807) is 21.9 Å². The number of hydrogen-bond acceptors (Lipinski definition) is 2. The first kappa shape index (κ1) is 28.0. The molecule has 0 nitrogen and oxygen atoms in total. The number of aryl methyl sites for hydroxylation is 1. The molecule has 0 fully saturated rings. The van der Waals surface area contributed by atoms with Crippen molar-refractivity contribution in [1.82, 2.24) is 0 Å². The molecule has 0 spiro atoms. The molecule has 0 atom stereocenters. The van der Waals surface area contributed by atoms with Crippen molar-refractivity contribution in [3.05, 3.63) is 29.3 Å². The molecule has 1 aromatic carbocycles. The summed E-state index contributed by atoms with van der Waals surface area (Å²) in [5.74, 6) is 0. The third-order valence-corrected chi connectivity index (χ3v) is 7.58. The largest absolute Gasteiger partial charge is 0.106 e. The average Bonchev–Trinajstić information content (AvgIpc) is 2.77. The summed E-state index contributed by atoms with van der Waals surface area (Å²) in [6.07, 6.45) is 27.8. The number of benzene rings is 1. The van der Waals surface area contributed by atoms with Crippen molar-refractivity contribution in [2.45, 2.75) is 147 Å². The standard InChI is InChI=1S/C28H50S2/c1-3-5-7-9-11-13-15-17-19-22-26-23-21-25-28(30-29)27(26)24-20-18-16-14-12-10-8-6-4-2/h21,23,25,29H,3-20,22,24H2,1-2H3. The smallest absolute Gasteiger partial charge is 0.0215 e. The van der Waals surface area contributed by atoms with Crippen molar-refractivity contribution in [1.29, 1.82) is 0 Å². The van der Waals surface area contributed by atoms with Gasteiger partial charge in [0.25, 0.3) is 0 Å². The Balaban J connectivity index is 2.24. The molecule has 0 amide bonds. The molecule has 0 bridgehead atoms. The minimum atomic E-state index is 1.24. The van der Waals surface area contributed by atoms with E-state index in [0.29, 0.717) is 0 Å². The first-order valence-corrected chi connectivity index (χ1v) is 15.1. The lowest BCUT2D eigenvalue weighted by Crippen LogP contribution is -1.98. The Kier molecular flexibility index (Phi) is 19.4. The second-order valence-electron chi connectivity index (χ2n) is 9.14. The molecule has 0 saturated heterocycles. The van der Waals surface area contributed by atoms with Crippen LogP contribution in [0.5, 0.6) is 0 Å². The quantitative estimate of drug-likeness (QED) is 0.110. The van der Waals surface area contributed by atoms with Crippen LogP contribution in [0.2, 0.25) is 0 Å². The van der Waals surface area contributed by atoms with Crippen LogP contribution in [-0.2, 0) is 12.8 Å². The molecular formula is C28H50S2. The van der Waals surface area contributed by atoms with Crippen LogP contribution in [0.15, 0.2) is 23.1 Å². The highest BCUT2D eigenvalue weighted by atomic mass is 33.1. The predicted octanol–water partition coefficient (Wildman–Crippen LogP) is 10.8. The van der Waals surface area contributed by atoms with Crippen LogP contribution in [0.25, 0.3) is 0 Å².